The Balaban J connectivity index is 2.62. The molecule has 0 unspecified atom stereocenters. The van der Waals surface area contributed by atoms with E-state index in [0.29, 0.717) is 19.5 Å². The van der Waals surface area contributed by atoms with Crippen molar-refractivity contribution >= 4 is 12.2 Å². The molecule has 1 rings (SSSR count). The first-order valence-electron chi connectivity index (χ1n) is 8.01. The Morgan fingerprint density at radius 2 is 1.22 bits per heavy atom. The summed E-state index contributed by atoms with van der Waals surface area (Å²) in [6, 6.07) is 0. The van der Waals surface area contributed by atoms with E-state index in [2.05, 4.69) is 0 Å². The fraction of sp³-hybridized carbons (Fsp3) is 0.875. The molecule has 0 spiro atoms. The molecular formula is C16H30N2O5. The molecule has 1 aliphatic heterocycles. The Morgan fingerprint density at radius 3 is 1.52 bits per heavy atom. The van der Waals surface area contributed by atoms with Crippen molar-refractivity contribution in [1.29, 1.82) is 0 Å². The number of β-amino-alcohol motifs (C(OH)–C–C–N with tert-alkyl or cyclic N) is 1. The molecule has 0 aliphatic carbocycles. The smallest absolute Gasteiger partial charge is 0.410 e. The van der Waals surface area contributed by atoms with Crippen LogP contribution in [0.5, 0.6) is 0 Å². The minimum absolute atomic E-state index is 0.133. The van der Waals surface area contributed by atoms with Crippen LogP contribution < -0.4 is 0 Å². The van der Waals surface area contributed by atoms with Gasteiger partial charge in [0.15, 0.2) is 0 Å². The number of nitrogens with zero attached hydrogens (tertiary/aromatic N) is 2. The summed E-state index contributed by atoms with van der Waals surface area (Å²) in [6.07, 6.45) is -1.12. The summed E-state index contributed by atoms with van der Waals surface area (Å²) >= 11 is 0. The quantitative estimate of drug-likeness (QED) is 0.737. The Hall–Kier alpha value is -1.50. The normalized spacial score (nSPS) is 18.2. The highest BCUT2D eigenvalue weighted by molar-refractivity contribution is 5.69. The Morgan fingerprint density at radius 1 is 0.870 bits per heavy atom. The lowest BCUT2D eigenvalue weighted by molar-refractivity contribution is -0.00724. The molecule has 7 nitrogen and oxygen atoms in total. The number of carbonyl (C=O) groups is 2. The summed E-state index contributed by atoms with van der Waals surface area (Å²) in [4.78, 5) is 27.2. The lowest BCUT2D eigenvalue weighted by Crippen LogP contribution is -2.50. The van der Waals surface area contributed by atoms with E-state index in [0.717, 1.165) is 0 Å². The zero-order chi connectivity index (χ0) is 17.8. The molecule has 23 heavy (non-hydrogen) atoms. The van der Waals surface area contributed by atoms with Gasteiger partial charge in [0.2, 0.25) is 0 Å². The average molecular weight is 330 g/mol. The van der Waals surface area contributed by atoms with Crippen molar-refractivity contribution in [2.75, 3.05) is 26.2 Å². The topological polar surface area (TPSA) is 79.3 Å². The third kappa shape index (κ3) is 7.54. The van der Waals surface area contributed by atoms with Crippen LogP contribution in [0.2, 0.25) is 0 Å². The predicted molar refractivity (Wildman–Crippen MR) is 86.2 cm³/mol. The number of aliphatic hydroxyl groups is 1. The van der Waals surface area contributed by atoms with Gasteiger partial charge in [-0.05, 0) is 48.0 Å². The number of ether oxygens (including phenoxy) is 2. The SMILES string of the molecule is CC(C)(C)OC(=O)N1CCCN(C(=O)OC(C)(C)C)CC(O)C1. The van der Waals surface area contributed by atoms with Crippen molar-refractivity contribution in [1.82, 2.24) is 9.80 Å². The van der Waals surface area contributed by atoms with Crippen molar-refractivity contribution in [2.24, 2.45) is 0 Å². The van der Waals surface area contributed by atoms with Crippen molar-refractivity contribution in [3.63, 3.8) is 0 Å². The van der Waals surface area contributed by atoms with Crippen LogP contribution in [0.1, 0.15) is 48.0 Å². The fourth-order valence-corrected chi connectivity index (χ4v) is 2.19. The molecule has 1 heterocycles. The van der Waals surface area contributed by atoms with E-state index in [1.807, 2.05) is 0 Å². The zero-order valence-electron chi connectivity index (χ0n) is 15.1. The molecule has 0 bridgehead atoms. The largest absolute Gasteiger partial charge is 0.444 e. The maximum atomic E-state index is 12.1. The zero-order valence-corrected chi connectivity index (χ0v) is 15.1. The molecular weight excluding hydrogens is 300 g/mol. The molecule has 0 saturated carbocycles. The lowest BCUT2D eigenvalue weighted by atomic mass is 10.2. The first kappa shape index (κ1) is 19.5. The van der Waals surface area contributed by atoms with E-state index in [1.54, 1.807) is 41.5 Å². The van der Waals surface area contributed by atoms with Gasteiger partial charge >= 0.3 is 12.2 Å². The summed E-state index contributed by atoms with van der Waals surface area (Å²) < 4.78 is 10.7. The van der Waals surface area contributed by atoms with Gasteiger partial charge in [-0.1, -0.05) is 0 Å². The summed E-state index contributed by atoms with van der Waals surface area (Å²) in [5.74, 6) is 0. The molecule has 1 aliphatic rings. The van der Waals surface area contributed by atoms with Gasteiger partial charge in [-0.2, -0.15) is 0 Å². The van der Waals surface area contributed by atoms with Gasteiger partial charge in [0.25, 0.3) is 0 Å². The van der Waals surface area contributed by atoms with Crippen molar-refractivity contribution < 1.29 is 24.2 Å². The van der Waals surface area contributed by atoms with Crippen LogP contribution >= 0.6 is 0 Å². The number of amides is 2. The molecule has 0 radical (unpaired) electrons. The fourth-order valence-electron chi connectivity index (χ4n) is 2.19. The molecule has 1 N–H and O–H groups in total. The molecule has 7 heteroatoms. The van der Waals surface area contributed by atoms with Crippen LogP contribution in [0, 0.1) is 0 Å². The van der Waals surface area contributed by atoms with Crippen molar-refractivity contribution in [2.45, 2.75) is 65.3 Å². The summed E-state index contributed by atoms with van der Waals surface area (Å²) in [7, 11) is 0. The van der Waals surface area contributed by atoms with Crippen molar-refractivity contribution in [3.05, 3.63) is 0 Å². The maximum absolute atomic E-state index is 12.1. The second kappa shape index (κ2) is 7.38. The van der Waals surface area contributed by atoms with Crippen LogP contribution in [0.4, 0.5) is 9.59 Å². The van der Waals surface area contributed by atoms with E-state index < -0.39 is 29.5 Å². The second-order valence-corrected chi connectivity index (χ2v) is 7.86. The standard InChI is InChI=1S/C16H30N2O5/c1-15(2,3)22-13(20)17-8-7-9-18(11-12(19)10-17)14(21)23-16(4,5)6/h12,19H,7-11H2,1-6H3. The second-order valence-electron chi connectivity index (χ2n) is 7.86. The Kier molecular flexibility index (Phi) is 6.27. The summed E-state index contributed by atoms with van der Waals surface area (Å²) in [6.45, 7) is 11.9. The van der Waals surface area contributed by atoms with E-state index in [9.17, 15) is 14.7 Å². The van der Waals surface area contributed by atoms with Crippen LogP contribution in [-0.2, 0) is 9.47 Å². The highest BCUT2D eigenvalue weighted by atomic mass is 16.6. The van der Waals surface area contributed by atoms with Gasteiger partial charge in [0.05, 0.1) is 19.2 Å². The molecule has 0 aromatic heterocycles. The molecule has 2 amide bonds. The third-order valence-electron chi connectivity index (χ3n) is 3.02. The van der Waals surface area contributed by atoms with Crippen LogP contribution in [0.3, 0.4) is 0 Å². The molecule has 0 atom stereocenters. The molecule has 1 fully saturated rings. The number of rotatable bonds is 0. The molecule has 0 aromatic rings. The number of aliphatic hydroxyl groups excluding tert-OH is 1. The maximum Gasteiger partial charge on any atom is 0.410 e. The van der Waals surface area contributed by atoms with Gasteiger partial charge in [-0.15, -0.1) is 0 Å². The minimum atomic E-state index is -0.838. The van der Waals surface area contributed by atoms with E-state index >= 15 is 0 Å². The van der Waals surface area contributed by atoms with Crippen LogP contribution in [0.15, 0.2) is 0 Å². The Bertz CT molecular complexity index is 387. The molecule has 0 aromatic carbocycles. The van der Waals surface area contributed by atoms with Gasteiger partial charge in [0.1, 0.15) is 11.2 Å². The lowest BCUT2D eigenvalue weighted by Gasteiger charge is -2.34. The highest BCUT2D eigenvalue weighted by Gasteiger charge is 2.29. The van der Waals surface area contributed by atoms with Gasteiger partial charge in [0, 0.05) is 13.1 Å². The van der Waals surface area contributed by atoms with Crippen LogP contribution in [0.25, 0.3) is 0 Å². The number of carbonyl (C=O) groups excluding carboxylic acids is 2. The van der Waals surface area contributed by atoms with E-state index in [1.165, 1.54) is 9.80 Å². The van der Waals surface area contributed by atoms with Gasteiger partial charge in [-0.25, -0.2) is 9.59 Å². The highest BCUT2D eigenvalue weighted by Crippen LogP contribution is 2.15. The Labute approximate surface area is 138 Å². The minimum Gasteiger partial charge on any atom is -0.444 e. The van der Waals surface area contributed by atoms with E-state index in [4.69, 9.17) is 9.47 Å². The van der Waals surface area contributed by atoms with E-state index in [-0.39, 0.29) is 13.1 Å². The predicted octanol–water partition coefficient (Wildman–Crippen LogP) is 2.23. The van der Waals surface area contributed by atoms with Gasteiger partial charge in [-0.3, -0.25) is 0 Å². The van der Waals surface area contributed by atoms with Crippen LogP contribution in [-0.4, -0.2) is 70.6 Å². The number of hydrogen-bond acceptors (Lipinski definition) is 5. The molecule has 134 valence electrons. The first-order valence-corrected chi connectivity index (χ1v) is 8.01. The molecule has 1 saturated heterocycles. The third-order valence-corrected chi connectivity index (χ3v) is 3.02. The number of hydrogen-bond donors (Lipinski definition) is 1. The monoisotopic (exact) mass is 330 g/mol. The summed E-state index contributed by atoms with van der Waals surface area (Å²) in [5, 5.41) is 10.2. The summed E-state index contributed by atoms with van der Waals surface area (Å²) in [5.41, 5.74) is -1.15. The first-order chi connectivity index (χ1) is 10.4. The average Bonchev–Trinajstić information content (AvgIpc) is 2.28. The van der Waals surface area contributed by atoms with Gasteiger partial charge < -0.3 is 24.4 Å². The van der Waals surface area contributed by atoms with Crippen molar-refractivity contribution in [3.8, 4) is 0 Å².